The SMILES string of the molecule is C=C(CCCc1cccc(F)c1)/C(=C\C=C(/C)c1ccccc1C#N)C(=C)CCC(C)C(C)C.CC. The second kappa shape index (κ2) is 16.5. The van der Waals surface area contributed by atoms with Crippen molar-refractivity contribution in [3.63, 3.8) is 0 Å². The highest BCUT2D eigenvalue weighted by atomic mass is 19.1. The highest BCUT2D eigenvalue weighted by molar-refractivity contribution is 5.70. The summed E-state index contributed by atoms with van der Waals surface area (Å²) in [5, 5.41) is 9.45. The summed E-state index contributed by atoms with van der Waals surface area (Å²) in [6, 6.07) is 16.7. The molecule has 0 bridgehead atoms. The van der Waals surface area contributed by atoms with Crippen LogP contribution >= 0.6 is 0 Å². The fourth-order valence-corrected chi connectivity index (χ4v) is 3.91. The maximum Gasteiger partial charge on any atom is 0.123 e. The van der Waals surface area contributed by atoms with Crippen LogP contribution in [0.5, 0.6) is 0 Å². The van der Waals surface area contributed by atoms with E-state index in [0.717, 1.165) is 65.5 Å². The first-order valence-corrected chi connectivity index (χ1v) is 13.2. The van der Waals surface area contributed by atoms with E-state index >= 15 is 0 Å². The topological polar surface area (TPSA) is 23.8 Å². The van der Waals surface area contributed by atoms with Crippen molar-refractivity contribution in [1.82, 2.24) is 0 Å². The molecule has 192 valence electrons. The van der Waals surface area contributed by atoms with Crippen molar-refractivity contribution >= 4 is 5.57 Å². The van der Waals surface area contributed by atoms with Gasteiger partial charge in [0, 0.05) is 0 Å². The van der Waals surface area contributed by atoms with Crippen molar-refractivity contribution in [3.8, 4) is 6.07 Å². The van der Waals surface area contributed by atoms with Crippen molar-refractivity contribution in [3.05, 3.63) is 113 Å². The smallest absolute Gasteiger partial charge is 0.123 e. The summed E-state index contributed by atoms with van der Waals surface area (Å²) in [5.41, 5.74) is 6.89. The molecule has 2 aromatic carbocycles. The molecule has 2 aromatic rings. The standard InChI is InChI=1S/C32H38FN.C2H6/c1-23(2)24(3)17-18-26(5)31(20-19-27(6)32-16-8-7-14-29(32)22-34)25(4)11-9-12-28-13-10-15-30(33)21-28;1-2/h7-8,10,13-16,19-21,23-24H,4-5,9,11-12,17-18H2,1-3,6H3;1-2H3/b27-19+,31-20+;. The molecule has 0 N–H and O–H groups in total. The number of allylic oxidation sites excluding steroid dienone is 6. The van der Waals surface area contributed by atoms with Gasteiger partial charge < -0.3 is 0 Å². The van der Waals surface area contributed by atoms with Crippen molar-refractivity contribution in [2.75, 3.05) is 0 Å². The maximum absolute atomic E-state index is 13.5. The van der Waals surface area contributed by atoms with E-state index in [4.69, 9.17) is 0 Å². The zero-order chi connectivity index (χ0) is 27.1. The van der Waals surface area contributed by atoms with E-state index in [2.05, 4.69) is 52.2 Å². The Balaban J connectivity index is 0.00000316. The molecule has 2 rings (SSSR count). The Kier molecular flexibility index (Phi) is 14.1. The number of rotatable bonds is 12. The molecule has 0 spiro atoms. The Hall–Kier alpha value is -3.18. The highest BCUT2D eigenvalue weighted by Gasteiger charge is 2.12. The number of hydrogen-bond acceptors (Lipinski definition) is 1. The number of halogens is 1. The summed E-state index contributed by atoms with van der Waals surface area (Å²) in [6.45, 7) is 21.6. The Morgan fingerprint density at radius 1 is 0.972 bits per heavy atom. The Labute approximate surface area is 219 Å². The van der Waals surface area contributed by atoms with Crippen LogP contribution in [0.2, 0.25) is 0 Å². The van der Waals surface area contributed by atoms with Gasteiger partial charge in [-0.05, 0) is 102 Å². The van der Waals surface area contributed by atoms with E-state index in [1.165, 1.54) is 6.07 Å². The molecule has 1 unspecified atom stereocenters. The van der Waals surface area contributed by atoms with E-state index in [-0.39, 0.29) is 5.82 Å². The van der Waals surface area contributed by atoms with Crippen molar-refractivity contribution in [1.29, 1.82) is 5.26 Å². The summed E-state index contributed by atoms with van der Waals surface area (Å²) in [4.78, 5) is 0. The van der Waals surface area contributed by atoms with Crippen LogP contribution < -0.4 is 0 Å². The quantitative estimate of drug-likeness (QED) is 0.274. The third-order valence-corrected chi connectivity index (χ3v) is 6.61. The summed E-state index contributed by atoms with van der Waals surface area (Å²) in [6.07, 6.45) is 8.72. The number of hydrogen-bond donors (Lipinski definition) is 0. The first-order valence-electron chi connectivity index (χ1n) is 13.2. The van der Waals surface area contributed by atoms with Gasteiger partial charge in [0.1, 0.15) is 5.82 Å². The molecule has 0 aliphatic rings. The van der Waals surface area contributed by atoms with Crippen molar-refractivity contribution in [2.24, 2.45) is 11.8 Å². The van der Waals surface area contributed by atoms with E-state index in [0.29, 0.717) is 17.4 Å². The van der Waals surface area contributed by atoms with E-state index < -0.39 is 0 Å². The average molecular weight is 486 g/mol. The summed E-state index contributed by atoms with van der Waals surface area (Å²) >= 11 is 0. The zero-order valence-corrected chi connectivity index (χ0v) is 23.2. The third-order valence-electron chi connectivity index (χ3n) is 6.61. The minimum Gasteiger partial charge on any atom is -0.207 e. The Morgan fingerprint density at radius 2 is 1.64 bits per heavy atom. The molecule has 1 nitrogen and oxygen atoms in total. The minimum atomic E-state index is -0.192. The van der Waals surface area contributed by atoms with Crippen LogP contribution in [-0.4, -0.2) is 0 Å². The van der Waals surface area contributed by atoms with Gasteiger partial charge in [0.15, 0.2) is 0 Å². The van der Waals surface area contributed by atoms with Crippen LogP contribution in [0.4, 0.5) is 4.39 Å². The Morgan fingerprint density at radius 3 is 2.28 bits per heavy atom. The van der Waals surface area contributed by atoms with Gasteiger partial charge in [-0.2, -0.15) is 5.26 Å². The maximum atomic E-state index is 13.5. The summed E-state index contributed by atoms with van der Waals surface area (Å²) in [5.74, 6) is 1.07. The predicted octanol–water partition coefficient (Wildman–Crippen LogP) is 10.3. The number of benzene rings is 2. The molecule has 36 heavy (non-hydrogen) atoms. The lowest BCUT2D eigenvalue weighted by atomic mass is 9.87. The second-order valence-electron chi connectivity index (χ2n) is 9.54. The molecule has 0 aliphatic heterocycles. The number of nitriles is 1. The minimum absolute atomic E-state index is 0.192. The van der Waals surface area contributed by atoms with Crippen LogP contribution in [-0.2, 0) is 6.42 Å². The van der Waals surface area contributed by atoms with Crippen LogP contribution in [0.1, 0.15) is 83.9 Å². The Bertz CT molecular complexity index is 1090. The van der Waals surface area contributed by atoms with Gasteiger partial charge in [-0.1, -0.05) is 90.3 Å². The van der Waals surface area contributed by atoms with Crippen molar-refractivity contribution in [2.45, 2.75) is 73.6 Å². The number of aryl methyl sites for hydroxylation is 1. The molecule has 0 amide bonds. The molecule has 0 heterocycles. The van der Waals surface area contributed by atoms with Gasteiger partial charge in [0.25, 0.3) is 0 Å². The van der Waals surface area contributed by atoms with E-state index in [1.807, 2.05) is 51.1 Å². The lowest BCUT2D eigenvalue weighted by Gasteiger charge is -2.18. The fraction of sp³-hybridized carbons (Fsp3) is 0.382. The molecule has 1 atom stereocenters. The second-order valence-corrected chi connectivity index (χ2v) is 9.54. The first kappa shape index (κ1) is 30.9. The van der Waals surface area contributed by atoms with Gasteiger partial charge in [0.2, 0.25) is 0 Å². The highest BCUT2D eigenvalue weighted by Crippen LogP contribution is 2.29. The van der Waals surface area contributed by atoms with E-state index in [1.54, 1.807) is 12.1 Å². The number of nitrogens with zero attached hydrogens (tertiary/aromatic N) is 1. The summed E-state index contributed by atoms with van der Waals surface area (Å²) < 4.78 is 13.5. The van der Waals surface area contributed by atoms with Gasteiger partial charge >= 0.3 is 0 Å². The van der Waals surface area contributed by atoms with Crippen LogP contribution in [0.15, 0.2) is 90.6 Å². The van der Waals surface area contributed by atoms with Crippen LogP contribution in [0.25, 0.3) is 5.57 Å². The molecule has 0 saturated heterocycles. The zero-order valence-electron chi connectivity index (χ0n) is 23.2. The molecule has 0 saturated carbocycles. The van der Waals surface area contributed by atoms with E-state index in [9.17, 15) is 9.65 Å². The molecule has 0 aliphatic carbocycles. The molecule has 0 fully saturated rings. The van der Waals surface area contributed by atoms with Crippen LogP contribution in [0.3, 0.4) is 0 Å². The van der Waals surface area contributed by atoms with Gasteiger partial charge in [-0.15, -0.1) is 0 Å². The molecule has 0 radical (unpaired) electrons. The first-order chi connectivity index (χ1) is 17.2. The average Bonchev–Trinajstić information content (AvgIpc) is 2.88. The lowest BCUT2D eigenvalue weighted by Crippen LogP contribution is -2.05. The molecular weight excluding hydrogens is 441 g/mol. The monoisotopic (exact) mass is 485 g/mol. The van der Waals surface area contributed by atoms with Crippen molar-refractivity contribution < 1.29 is 4.39 Å². The lowest BCUT2D eigenvalue weighted by molar-refractivity contribution is 0.393. The van der Waals surface area contributed by atoms with Gasteiger partial charge in [0.05, 0.1) is 11.6 Å². The summed E-state index contributed by atoms with van der Waals surface area (Å²) in [7, 11) is 0. The largest absolute Gasteiger partial charge is 0.207 e. The third kappa shape index (κ3) is 10.2. The predicted molar refractivity (Wildman–Crippen MR) is 155 cm³/mol. The van der Waals surface area contributed by atoms with Gasteiger partial charge in [-0.3, -0.25) is 0 Å². The van der Waals surface area contributed by atoms with Gasteiger partial charge in [-0.25, -0.2) is 4.39 Å². The molecule has 0 aromatic heterocycles. The molecular formula is C34H44FN. The normalized spacial score (nSPS) is 12.4. The molecule has 2 heteroatoms. The van der Waals surface area contributed by atoms with Crippen LogP contribution in [0, 0.1) is 29.0 Å². The fourth-order valence-electron chi connectivity index (χ4n) is 3.91.